The summed E-state index contributed by atoms with van der Waals surface area (Å²) < 4.78 is 0. The summed E-state index contributed by atoms with van der Waals surface area (Å²) in [4.78, 5) is 7.49. The summed E-state index contributed by atoms with van der Waals surface area (Å²) in [6.07, 6.45) is 0. The van der Waals surface area contributed by atoms with Crippen LogP contribution in [0.2, 0.25) is 0 Å². The summed E-state index contributed by atoms with van der Waals surface area (Å²) >= 11 is 0. The van der Waals surface area contributed by atoms with E-state index in [0.29, 0.717) is 11.5 Å². The number of rotatable bonds is 2. The van der Waals surface area contributed by atoms with Gasteiger partial charge in [0.2, 0.25) is 5.88 Å². The third-order valence-corrected chi connectivity index (χ3v) is 4.15. The van der Waals surface area contributed by atoms with Gasteiger partial charge in [-0.3, -0.25) is 0 Å². The zero-order valence-electron chi connectivity index (χ0n) is 13.4. The number of aryl methyl sites for hydroxylation is 2. The van der Waals surface area contributed by atoms with Crippen molar-refractivity contribution in [2.24, 2.45) is 10.2 Å². The van der Waals surface area contributed by atoms with E-state index < -0.39 is 0 Å². The smallest absolute Gasteiger partial charge is 0.218 e. The number of aromatic hydroxyl groups is 1. The molecule has 2 N–H and O–H groups in total. The minimum atomic E-state index is 0.00800. The molecule has 5 heteroatoms. The van der Waals surface area contributed by atoms with Crippen molar-refractivity contribution in [3.8, 4) is 5.88 Å². The van der Waals surface area contributed by atoms with Crippen molar-refractivity contribution < 1.29 is 5.11 Å². The van der Waals surface area contributed by atoms with Gasteiger partial charge < -0.3 is 10.1 Å². The number of fused-ring (bicyclic) bond motifs is 2. The molecule has 4 rings (SSSR count). The lowest BCUT2D eigenvalue weighted by molar-refractivity contribution is 0.459. The minimum Gasteiger partial charge on any atom is -0.493 e. The molecule has 5 nitrogen and oxygen atoms in total. The van der Waals surface area contributed by atoms with Crippen molar-refractivity contribution in [2.45, 2.75) is 13.8 Å². The number of nitrogens with one attached hydrogen (secondary N) is 1. The molecule has 0 fully saturated rings. The topological polar surface area (TPSA) is 73.6 Å². The Morgan fingerprint density at radius 1 is 0.917 bits per heavy atom. The second-order valence-corrected chi connectivity index (χ2v) is 5.84. The molecule has 0 unspecified atom stereocenters. The fourth-order valence-electron chi connectivity index (χ4n) is 2.91. The first-order chi connectivity index (χ1) is 11.6. The molecule has 0 aliphatic heterocycles. The molecule has 4 aromatic rings. The van der Waals surface area contributed by atoms with Crippen molar-refractivity contribution in [2.75, 3.05) is 0 Å². The highest BCUT2D eigenvalue weighted by Crippen LogP contribution is 2.36. The lowest BCUT2D eigenvalue weighted by Gasteiger charge is -2.05. The van der Waals surface area contributed by atoms with Crippen LogP contribution in [0.1, 0.15) is 11.1 Å². The van der Waals surface area contributed by atoms with Crippen LogP contribution < -0.4 is 0 Å². The molecule has 0 bridgehead atoms. The Balaban J connectivity index is 1.82. The maximum atomic E-state index is 10.1. The van der Waals surface area contributed by atoms with Gasteiger partial charge in [0.25, 0.3) is 0 Å². The first-order valence-electron chi connectivity index (χ1n) is 7.72. The van der Waals surface area contributed by atoms with Gasteiger partial charge in [0.1, 0.15) is 0 Å². The molecular weight excluding hydrogens is 300 g/mol. The van der Waals surface area contributed by atoms with Gasteiger partial charge in [0.15, 0.2) is 11.5 Å². The van der Waals surface area contributed by atoms with E-state index in [0.717, 1.165) is 32.9 Å². The molecule has 2 heterocycles. The number of H-pyrrole nitrogens is 1. The molecule has 24 heavy (non-hydrogen) atoms. The molecule has 0 radical (unpaired) electrons. The number of pyridine rings is 1. The molecular formula is C19H16N4O. The Morgan fingerprint density at radius 2 is 1.71 bits per heavy atom. The first kappa shape index (κ1) is 14.4. The summed E-state index contributed by atoms with van der Waals surface area (Å²) in [6.45, 7) is 4.06. The number of hydrogen-bond donors (Lipinski definition) is 2. The van der Waals surface area contributed by atoms with Crippen molar-refractivity contribution in [1.82, 2.24) is 9.97 Å². The minimum absolute atomic E-state index is 0.00800. The summed E-state index contributed by atoms with van der Waals surface area (Å²) in [5.74, 6) is 0.535. The monoisotopic (exact) mass is 316 g/mol. The molecule has 118 valence electrons. The number of nitrogens with zero attached hydrogens (tertiary/aromatic N) is 3. The summed E-state index contributed by atoms with van der Waals surface area (Å²) in [6, 6.07) is 15.6. The average molecular weight is 316 g/mol. The van der Waals surface area contributed by atoms with Gasteiger partial charge in [0.05, 0.1) is 11.0 Å². The number of aromatic amines is 1. The Bertz CT molecular complexity index is 1100. The lowest BCUT2D eigenvalue weighted by Crippen LogP contribution is -1.86. The van der Waals surface area contributed by atoms with Gasteiger partial charge in [-0.15, -0.1) is 10.2 Å². The van der Waals surface area contributed by atoms with E-state index in [1.165, 1.54) is 0 Å². The maximum absolute atomic E-state index is 10.1. The fourth-order valence-corrected chi connectivity index (χ4v) is 2.91. The van der Waals surface area contributed by atoms with E-state index in [1.807, 2.05) is 56.3 Å². The van der Waals surface area contributed by atoms with E-state index in [2.05, 4.69) is 26.3 Å². The average Bonchev–Trinajstić information content (AvgIpc) is 2.89. The SMILES string of the molecule is Cc1cc(N=Nc2c(O)[nH]c3ccccc23)nc2c(C)cccc12. The molecule has 0 aliphatic carbocycles. The van der Waals surface area contributed by atoms with Gasteiger partial charge in [0, 0.05) is 10.8 Å². The van der Waals surface area contributed by atoms with Crippen LogP contribution in [0, 0.1) is 13.8 Å². The van der Waals surface area contributed by atoms with Crippen LogP contribution in [-0.2, 0) is 0 Å². The fraction of sp³-hybridized carbons (Fsp3) is 0.105. The number of para-hydroxylation sites is 2. The standard InChI is InChI=1S/C19H16N4O/c1-11-6-5-8-13-12(2)10-16(21-17(11)13)22-23-18-14-7-3-4-9-15(14)20-19(18)24/h3-10,20,24H,1-2H3. The molecule has 0 aliphatic rings. The number of benzene rings is 2. The first-order valence-corrected chi connectivity index (χ1v) is 7.72. The Hall–Kier alpha value is -3.21. The number of aromatic nitrogens is 2. The van der Waals surface area contributed by atoms with E-state index in [-0.39, 0.29) is 5.88 Å². The molecule has 2 aromatic carbocycles. The van der Waals surface area contributed by atoms with E-state index in [4.69, 9.17) is 0 Å². The third-order valence-electron chi connectivity index (χ3n) is 4.15. The van der Waals surface area contributed by atoms with Crippen LogP contribution in [-0.4, -0.2) is 15.1 Å². The highest BCUT2D eigenvalue weighted by molar-refractivity contribution is 5.94. The lowest BCUT2D eigenvalue weighted by atomic mass is 10.1. The van der Waals surface area contributed by atoms with Crippen LogP contribution in [0.4, 0.5) is 11.5 Å². The van der Waals surface area contributed by atoms with Gasteiger partial charge in [-0.05, 0) is 37.1 Å². The van der Waals surface area contributed by atoms with Crippen molar-refractivity contribution >= 4 is 33.3 Å². The van der Waals surface area contributed by atoms with Crippen LogP contribution >= 0.6 is 0 Å². The van der Waals surface area contributed by atoms with Crippen LogP contribution in [0.25, 0.3) is 21.8 Å². The third kappa shape index (κ3) is 2.31. The second-order valence-electron chi connectivity index (χ2n) is 5.84. The maximum Gasteiger partial charge on any atom is 0.218 e. The molecule has 2 aromatic heterocycles. The van der Waals surface area contributed by atoms with Crippen LogP contribution in [0.3, 0.4) is 0 Å². The van der Waals surface area contributed by atoms with Crippen molar-refractivity contribution in [3.05, 3.63) is 59.7 Å². The van der Waals surface area contributed by atoms with Gasteiger partial charge in [-0.1, -0.05) is 36.4 Å². The van der Waals surface area contributed by atoms with Gasteiger partial charge in [-0.2, -0.15) is 0 Å². The van der Waals surface area contributed by atoms with Crippen LogP contribution in [0.5, 0.6) is 5.88 Å². The van der Waals surface area contributed by atoms with Crippen molar-refractivity contribution in [3.63, 3.8) is 0 Å². The van der Waals surface area contributed by atoms with E-state index in [9.17, 15) is 5.11 Å². The predicted molar refractivity (Wildman–Crippen MR) is 95.4 cm³/mol. The van der Waals surface area contributed by atoms with Gasteiger partial charge >= 0.3 is 0 Å². The largest absolute Gasteiger partial charge is 0.493 e. The molecule has 0 spiro atoms. The molecule has 0 saturated heterocycles. The zero-order chi connectivity index (χ0) is 16.7. The number of azo groups is 1. The summed E-state index contributed by atoms with van der Waals surface area (Å²) in [5, 5.41) is 20.5. The second kappa shape index (κ2) is 5.45. The quantitative estimate of drug-likeness (QED) is 0.482. The summed E-state index contributed by atoms with van der Waals surface area (Å²) in [5.41, 5.74) is 4.37. The van der Waals surface area contributed by atoms with E-state index in [1.54, 1.807) is 0 Å². The molecule has 0 atom stereocenters. The highest BCUT2D eigenvalue weighted by Gasteiger charge is 2.10. The summed E-state index contributed by atoms with van der Waals surface area (Å²) in [7, 11) is 0. The highest BCUT2D eigenvalue weighted by atomic mass is 16.3. The predicted octanol–water partition coefficient (Wildman–Crippen LogP) is 5.45. The normalized spacial score (nSPS) is 11.8. The molecule has 0 amide bonds. The Morgan fingerprint density at radius 3 is 2.58 bits per heavy atom. The van der Waals surface area contributed by atoms with Gasteiger partial charge in [-0.25, -0.2) is 4.98 Å². The van der Waals surface area contributed by atoms with Crippen LogP contribution in [0.15, 0.2) is 58.8 Å². The zero-order valence-corrected chi connectivity index (χ0v) is 13.4. The van der Waals surface area contributed by atoms with E-state index >= 15 is 0 Å². The Kier molecular flexibility index (Phi) is 3.27. The number of hydrogen-bond acceptors (Lipinski definition) is 4. The Labute approximate surface area is 138 Å². The van der Waals surface area contributed by atoms with Crippen molar-refractivity contribution in [1.29, 1.82) is 0 Å². The molecule has 0 saturated carbocycles.